The first-order chi connectivity index (χ1) is 10.1. The summed E-state index contributed by atoms with van der Waals surface area (Å²) in [6.07, 6.45) is 0. The van der Waals surface area contributed by atoms with Crippen molar-refractivity contribution in [2.24, 2.45) is 5.84 Å². The van der Waals surface area contributed by atoms with Crippen LogP contribution in [0, 0.1) is 11.6 Å². The molecule has 3 rings (SSSR count). The zero-order chi connectivity index (χ0) is 15.0. The lowest BCUT2D eigenvalue weighted by Crippen LogP contribution is -2.30. The molecule has 0 saturated carbocycles. The van der Waals surface area contributed by atoms with E-state index in [9.17, 15) is 8.78 Å². The molecule has 2 nitrogen and oxygen atoms in total. The zero-order valence-corrected chi connectivity index (χ0v) is 13.1. The van der Waals surface area contributed by atoms with Gasteiger partial charge in [-0.05, 0) is 34.5 Å². The van der Waals surface area contributed by atoms with E-state index in [0.29, 0.717) is 4.47 Å². The second kappa shape index (κ2) is 5.81. The van der Waals surface area contributed by atoms with Crippen molar-refractivity contribution < 1.29 is 8.78 Å². The van der Waals surface area contributed by atoms with Crippen LogP contribution in [-0.4, -0.2) is 0 Å². The van der Waals surface area contributed by atoms with Gasteiger partial charge in [0, 0.05) is 14.7 Å². The van der Waals surface area contributed by atoms with E-state index in [2.05, 4.69) is 21.4 Å². The monoisotopic (exact) mass is 368 g/mol. The molecule has 0 spiro atoms. The van der Waals surface area contributed by atoms with Gasteiger partial charge in [0.25, 0.3) is 0 Å². The topological polar surface area (TPSA) is 38.0 Å². The van der Waals surface area contributed by atoms with Crippen LogP contribution in [0.25, 0.3) is 10.1 Å². The quantitative estimate of drug-likeness (QED) is 0.527. The Balaban J connectivity index is 2.22. The molecular formula is C15H11BrF2N2S. The normalized spacial score (nSPS) is 12.8. The highest BCUT2D eigenvalue weighted by Gasteiger charge is 2.23. The highest BCUT2D eigenvalue weighted by molar-refractivity contribution is 9.10. The van der Waals surface area contributed by atoms with E-state index in [1.165, 1.54) is 23.5 Å². The minimum atomic E-state index is -0.750. The molecule has 0 aliphatic rings. The summed E-state index contributed by atoms with van der Waals surface area (Å²) in [6.45, 7) is 0. The second-order valence-electron chi connectivity index (χ2n) is 4.57. The number of fused-ring (bicyclic) bond motifs is 1. The summed E-state index contributed by atoms with van der Waals surface area (Å²) in [7, 11) is 0. The summed E-state index contributed by atoms with van der Waals surface area (Å²) in [5.74, 6) is 4.30. The molecule has 1 heterocycles. The van der Waals surface area contributed by atoms with E-state index in [4.69, 9.17) is 5.84 Å². The third-order valence-electron chi connectivity index (χ3n) is 3.32. The first kappa shape index (κ1) is 14.6. The summed E-state index contributed by atoms with van der Waals surface area (Å²) in [5.41, 5.74) is 3.20. The van der Waals surface area contributed by atoms with Gasteiger partial charge in [0.1, 0.15) is 11.6 Å². The van der Waals surface area contributed by atoms with Crippen LogP contribution in [0.4, 0.5) is 8.78 Å². The smallest absolute Gasteiger partial charge is 0.132 e. The number of thiophene rings is 1. The first-order valence-corrected chi connectivity index (χ1v) is 7.85. The largest absolute Gasteiger partial charge is 0.271 e. The molecular weight excluding hydrogens is 358 g/mol. The highest BCUT2D eigenvalue weighted by Crippen LogP contribution is 2.34. The van der Waals surface area contributed by atoms with Crippen molar-refractivity contribution in [2.45, 2.75) is 6.04 Å². The van der Waals surface area contributed by atoms with Gasteiger partial charge in [0.2, 0.25) is 0 Å². The molecule has 0 fully saturated rings. The number of nitrogens with two attached hydrogens (primary N) is 1. The Morgan fingerprint density at radius 1 is 1.14 bits per heavy atom. The molecule has 108 valence electrons. The zero-order valence-electron chi connectivity index (χ0n) is 10.7. The Kier molecular flexibility index (Phi) is 4.03. The van der Waals surface area contributed by atoms with Crippen LogP contribution in [0.15, 0.2) is 46.3 Å². The number of rotatable bonds is 3. The molecule has 3 aromatic rings. The van der Waals surface area contributed by atoms with Gasteiger partial charge in [-0.25, -0.2) is 14.2 Å². The summed E-state index contributed by atoms with van der Waals surface area (Å²) in [4.78, 5) is 0. The standard InChI is InChI=1S/C15H11BrF2N2S/c16-9-6-11(17)13(12(18)7-9)14(20-19)10-3-1-2-8-4-5-21-15(8)10/h1-7,14,20H,19H2. The Morgan fingerprint density at radius 3 is 2.52 bits per heavy atom. The average Bonchev–Trinajstić information content (AvgIpc) is 2.91. The van der Waals surface area contributed by atoms with Gasteiger partial charge >= 0.3 is 0 Å². The second-order valence-corrected chi connectivity index (χ2v) is 6.40. The average molecular weight is 369 g/mol. The van der Waals surface area contributed by atoms with E-state index in [1.807, 2.05) is 29.6 Å². The molecule has 1 unspecified atom stereocenters. The molecule has 2 aromatic carbocycles. The fourth-order valence-corrected chi connectivity index (χ4v) is 3.75. The number of hydrazine groups is 1. The molecule has 1 aromatic heterocycles. The molecule has 0 saturated heterocycles. The molecule has 0 aliphatic carbocycles. The third-order valence-corrected chi connectivity index (χ3v) is 4.76. The SMILES string of the molecule is NNC(c1c(F)cc(Br)cc1F)c1cccc2ccsc12. The molecule has 0 aliphatic heterocycles. The molecule has 3 N–H and O–H groups in total. The Hall–Kier alpha value is -1.34. The van der Waals surface area contributed by atoms with Gasteiger partial charge in [-0.1, -0.05) is 34.1 Å². The van der Waals surface area contributed by atoms with Gasteiger partial charge in [-0.15, -0.1) is 11.3 Å². The number of benzene rings is 2. The summed E-state index contributed by atoms with van der Waals surface area (Å²) in [5, 5.41) is 2.96. The van der Waals surface area contributed by atoms with Crippen LogP contribution in [0.1, 0.15) is 17.2 Å². The number of nitrogens with one attached hydrogen (secondary N) is 1. The molecule has 0 bridgehead atoms. The fourth-order valence-electron chi connectivity index (χ4n) is 2.40. The predicted octanol–water partition coefficient (Wildman–Crippen LogP) is 4.49. The summed E-state index contributed by atoms with van der Waals surface area (Å²) < 4.78 is 29.7. The lowest BCUT2D eigenvalue weighted by atomic mass is 9.97. The van der Waals surface area contributed by atoms with Crippen molar-refractivity contribution in [1.29, 1.82) is 0 Å². The number of halogens is 3. The molecule has 0 amide bonds. The minimum Gasteiger partial charge on any atom is -0.271 e. The van der Waals surface area contributed by atoms with E-state index in [1.54, 1.807) is 0 Å². The number of hydrogen-bond acceptors (Lipinski definition) is 3. The summed E-state index contributed by atoms with van der Waals surface area (Å²) >= 11 is 4.60. The number of hydrogen-bond donors (Lipinski definition) is 2. The molecule has 1 atom stereocenters. The van der Waals surface area contributed by atoms with Crippen LogP contribution in [-0.2, 0) is 0 Å². The van der Waals surface area contributed by atoms with E-state index in [0.717, 1.165) is 15.6 Å². The van der Waals surface area contributed by atoms with Gasteiger partial charge in [-0.3, -0.25) is 5.84 Å². The van der Waals surface area contributed by atoms with Gasteiger partial charge in [0.15, 0.2) is 0 Å². The van der Waals surface area contributed by atoms with Crippen molar-refractivity contribution in [2.75, 3.05) is 0 Å². The van der Waals surface area contributed by atoms with Crippen LogP contribution >= 0.6 is 27.3 Å². The van der Waals surface area contributed by atoms with E-state index in [-0.39, 0.29) is 5.56 Å². The molecule has 0 radical (unpaired) electrons. The Bertz CT molecular complexity index is 780. The van der Waals surface area contributed by atoms with Crippen molar-refractivity contribution >= 4 is 37.4 Å². The molecule has 21 heavy (non-hydrogen) atoms. The van der Waals surface area contributed by atoms with Crippen LogP contribution in [0.2, 0.25) is 0 Å². The minimum absolute atomic E-state index is 0.0819. The lowest BCUT2D eigenvalue weighted by Gasteiger charge is -2.19. The van der Waals surface area contributed by atoms with Crippen molar-refractivity contribution in [3.8, 4) is 0 Å². The van der Waals surface area contributed by atoms with Crippen LogP contribution in [0.5, 0.6) is 0 Å². The van der Waals surface area contributed by atoms with E-state index >= 15 is 0 Å². The first-order valence-electron chi connectivity index (χ1n) is 6.18. The fraction of sp³-hybridized carbons (Fsp3) is 0.0667. The van der Waals surface area contributed by atoms with Crippen LogP contribution in [0.3, 0.4) is 0 Å². The predicted molar refractivity (Wildman–Crippen MR) is 85.0 cm³/mol. The maximum Gasteiger partial charge on any atom is 0.132 e. The maximum atomic E-state index is 14.2. The Morgan fingerprint density at radius 2 is 1.86 bits per heavy atom. The van der Waals surface area contributed by atoms with Crippen LogP contribution < -0.4 is 11.3 Å². The Labute approximate surface area is 132 Å². The van der Waals surface area contributed by atoms with Gasteiger partial charge < -0.3 is 0 Å². The highest BCUT2D eigenvalue weighted by atomic mass is 79.9. The van der Waals surface area contributed by atoms with Gasteiger partial charge in [0.05, 0.1) is 6.04 Å². The van der Waals surface area contributed by atoms with Crippen molar-refractivity contribution in [3.63, 3.8) is 0 Å². The van der Waals surface area contributed by atoms with E-state index < -0.39 is 17.7 Å². The van der Waals surface area contributed by atoms with Gasteiger partial charge in [-0.2, -0.15) is 0 Å². The lowest BCUT2D eigenvalue weighted by molar-refractivity contribution is 0.511. The molecule has 6 heteroatoms. The van der Waals surface area contributed by atoms with Crippen molar-refractivity contribution in [1.82, 2.24) is 5.43 Å². The van der Waals surface area contributed by atoms with Crippen molar-refractivity contribution in [3.05, 3.63) is 69.0 Å². The summed E-state index contributed by atoms with van der Waals surface area (Å²) in [6, 6.07) is 9.31. The maximum absolute atomic E-state index is 14.2. The third kappa shape index (κ3) is 2.60.